The van der Waals surface area contributed by atoms with Gasteiger partial charge >= 0.3 is 16.0 Å². The lowest BCUT2D eigenvalue weighted by atomic mass is 10.00. The summed E-state index contributed by atoms with van der Waals surface area (Å²) >= 11 is 0. The van der Waals surface area contributed by atoms with E-state index < -0.39 is 53.3 Å². The van der Waals surface area contributed by atoms with E-state index in [1.165, 1.54) is 24.3 Å². The minimum atomic E-state index is -4.63. The van der Waals surface area contributed by atoms with Crippen LogP contribution in [0.15, 0.2) is 33.5 Å². The molecule has 1 aromatic carbocycles. The quantitative estimate of drug-likeness (QED) is 0.418. The maximum Gasteiger partial charge on any atom is 0.449 e. The summed E-state index contributed by atoms with van der Waals surface area (Å²) in [5.41, 5.74) is 0.146. The summed E-state index contributed by atoms with van der Waals surface area (Å²) in [6.45, 7) is 0.890. The van der Waals surface area contributed by atoms with Crippen LogP contribution in [0.5, 0.6) is 5.75 Å². The maximum absolute atomic E-state index is 12.0. The number of aliphatic hydroxyl groups excluding tert-OH is 4. The number of aliphatic hydroxyl groups is 4. The zero-order chi connectivity index (χ0) is 20.6. The van der Waals surface area contributed by atoms with E-state index in [1.807, 2.05) is 0 Å². The zero-order valence-corrected chi connectivity index (χ0v) is 15.3. The van der Waals surface area contributed by atoms with Crippen molar-refractivity contribution in [2.75, 3.05) is 6.61 Å². The first kappa shape index (κ1) is 20.7. The molecule has 0 radical (unpaired) electrons. The van der Waals surface area contributed by atoms with Crippen molar-refractivity contribution in [3.05, 3.63) is 40.2 Å². The molecule has 2 aromatic rings. The lowest BCUT2D eigenvalue weighted by Crippen LogP contribution is -2.58. The van der Waals surface area contributed by atoms with Crippen molar-refractivity contribution < 1.29 is 46.4 Å². The molecule has 0 amide bonds. The Bertz CT molecular complexity index is 1010. The van der Waals surface area contributed by atoms with Crippen molar-refractivity contribution in [2.45, 2.75) is 37.6 Å². The molecule has 3 rings (SSSR count). The molecule has 1 aliphatic heterocycles. The number of ether oxygens (including phenoxy) is 1. The molecule has 0 bridgehead atoms. The first-order chi connectivity index (χ1) is 13.1. The van der Waals surface area contributed by atoms with E-state index in [-0.39, 0.29) is 11.3 Å². The molecule has 0 aliphatic carbocycles. The lowest BCUT2D eigenvalue weighted by molar-refractivity contribution is -0.285. The van der Waals surface area contributed by atoms with E-state index in [9.17, 15) is 33.6 Å². The smallest absolute Gasteiger partial charge is 0.423 e. The molecule has 1 saturated heterocycles. The third-order valence-corrected chi connectivity index (χ3v) is 5.01. The van der Waals surface area contributed by atoms with Crippen molar-refractivity contribution in [1.29, 1.82) is 0 Å². The molecule has 0 saturated carbocycles. The summed E-state index contributed by atoms with van der Waals surface area (Å²) in [6, 6.07) is 5.31. The second-order valence-electron chi connectivity index (χ2n) is 6.22. The van der Waals surface area contributed by atoms with Gasteiger partial charge in [0.05, 0.1) is 6.61 Å². The molecule has 28 heavy (non-hydrogen) atoms. The number of hydrogen-bond acceptors (Lipinski definition) is 11. The Hall–Kier alpha value is -2.06. The average molecular weight is 418 g/mol. The van der Waals surface area contributed by atoms with Gasteiger partial charge in [-0.15, -0.1) is 0 Å². The number of hydrogen-bond donors (Lipinski definition) is 4. The van der Waals surface area contributed by atoms with Crippen LogP contribution in [0, 0.1) is 6.92 Å². The van der Waals surface area contributed by atoms with Crippen LogP contribution in [0.1, 0.15) is 5.56 Å². The Morgan fingerprint density at radius 2 is 1.79 bits per heavy atom. The van der Waals surface area contributed by atoms with Crippen molar-refractivity contribution in [1.82, 2.24) is 0 Å². The Labute approximate surface area is 158 Å². The highest BCUT2D eigenvalue weighted by atomic mass is 32.3. The van der Waals surface area contributed by atoms with E-state index in [4.69, 9.17) is 13.3 Å². The molecule has 0 unspecified atom stereocenters. The molecule has 0 spiro atoms. The fourth-order valence-corrected chi connectivity index (χ4v) is 3.41. The number of fused-ring (bicyclic) bond motifs is 1. The van der Waals surface area contributed by atoms with Crippen molar-refractivity contribution >= 4 is 21.4 Å². The monoisotopic (exact) mass is 418 g/mol. The van der Waals surface area contributed by atoms with Gasteiger partial charge in [-0.1, -0.05) is 0 Å². The van der Waals surface area contributed by atoms with Crippen LogP contribution in [0.25, 0.3) is 11.0 Å². The largest absolute Gasteiger partial charge is 0.449 e. The minimum absolute atomic E-state index is 0.115. The predicted octanol–water partition coefficient (Wildman–Crippen LogP) is -1.46. The third kappa shape index (κ3) is 4.33. The van der Waals surface area contributed by atoms with Gasteiger partial charge in [-0.25, -0.2) is 8.98 Å². The van der Waals surface area contributed by atoms with Gasteiger partial charge in [-0.05, 0) is 24.6 Å². The maximum atomic E-state index is 12.0. The molecule has 1 aliphatic rings. The Morgan fingerprint density at radius 3 is 2.50 bits per heavy atom. The Balaban J connectivity index is 1.70. The van der Waals surface area contributed by atoms with Gasteiger partial charge in [0.15, 0.2) is 6.29 Å². The average Bonchev–Trinajstić information content (AvgIpc) is 2.61. The van der Waals surface area contributed by atoms with E-state index >= 15 is 0 Å². The highest BCUT2D eigenvalue weighted by Gasteiger charge is 2.43. The van der Waals surface area contributed by atoms with Crippen LogP contribution in [0.2, 0.25) is 0 Å². The normalized spacial score (nSPS) is 28.4. The molecule has 4 N–H and O–H groups in total. The lowest BCUT2D eigenvalue weighted by Gasteiger charge is -2.37. The van der Waals surface area contributed by atoms with Gasteiger partial charge in [0, 0.05) is 17.5 Å². The first-order valence-electron chi connectivity index (χ1n) is 8.08. The molecular weight excluding hydrogens is 400 g/mol. The van der Waals surface area contributed by atoms with E-state index in [0.717, 1.165) is 0 Å². The SMILES string of the molecule is Cc1cc(=O)oc2cc(OS(=O)(=O)OC[C@H]3O[C@@H](O)[C@H](O)[C@@H](O)[C@H]3O)ccc12. The summed E-state index contributed by atoms with van der Waals surface area (Å²) in [6.07, 6.45) is -8.49. The first-order valence-corrected chi connectivity index (χ1v) is 9.42. The summed E-state index contributed by atoms with van der Waals surface area (Å²) in [5.74, 6) is -0.193. The molecule has 1 aromatic heterocycles. The van der Waals surface area contributed by atoms with Gasteiger partial charge < -0.3 is 33.8 Å². The fourth-order valence-electron chi connectivity index (χ4n) is 2.72. The molecular formula is C16H18O11S. The van der Waals surface area contributed by atoms with Crippen LogP contribution in [0.4, 0.5) is 0 Å². The van der Waals surface area contributed by atoms with Crippen LogP contribution >= 0.6 is 0 Å². The van der Waals surface area contributed by atoms with E-state index in [1.54, 1.807) is 6.92 Å². The number of benzene rings is 1. The third-order valence-electron chi connectivity index (χ3n) is 4.18. The van der Waals surface area contributed by atoms with Crippen molar-refractivity contribution in [3.8, 4) is 5.75 Å². The van der Waals surface area contributed by atoms with E-state index in [2.05, 4.69) is 4.18 Å². The number of aryl methyl sites for hydroxylation is 1. The van der Waals surface area contributed by atoms with Gasteiger partial charge in [0.2, 0.25) is 0 Å². The summed E-state index contributed by atoms with van der Waals surface area (Å²) in [7, 11) is -4.63. The van der Waals surface area contributed by atoms with Gasteiger partial charge in [-0.3, -0.25) is 0 Å². The van der Waals surface area contributed by atoms with Crippen LogP contribution in [-0.4, -0.2) is 66.2 Å². The molecule has 5 atom stereocenters. The highest BCUT2D eigenvalue weighted by Crippen LogP contribution is 2.24. The highest BCUT2D eigenvalue weighted by molar-refractivity contribution is 7.82. The minimum Gasteiger partial charge on any atom is -0.423 e. The van der Waals surface area contributed by atoms with E-state index in [0.29, 0.717) is 10.9 Å². The molecule has 12 heteroatoms. The van der Waals surface area contributed by atoms with Crippen LogP contribution in [-0.2, 0) is 19.3 Å². The molecule has 154 valence electrons. The van der Waals surface area contributed by atoms with Gasteiger partial charge in [0.1, 0.15) is 35.7 Å². The summed E-state index contributed by atoms with van der Waals surface area (Å²) in [5, 5.41) is 38.8. The topological polar surface area (TPSA) is 173 Å². The number of rotatable bonds is 5. The second-order valence-corrected chi connectivity index (χ2v) is 7.44. The summed E-state index contributed by atoms with van der Waals surface area (Å²) in [4.78, 5) is 11.4. The van der Waals surface area contributed by atoms with Gasteiger partial charge in [-0.2, -0.15) is 8.42 Å². The van der Waals surface area contributed by atoms with Crippen LogP contribution in [0.3, 0.4) is 0 Å². The molecule has 1 fully saturated rings. The summed E-state index contributed by atoms with van der Waals surface area (Å²) < 4.78 is 43.2. The van der Waals surface area contributed by atoms with Crippen molar-refractivity contribution in [2.24, 2.45) is 0 Å². The van der Waals surface area contributed by atoms with Crippen molar-refractivity contribution in [3.63, 3.8) is 0 Å². The van der Waals surface area contributed by atoms with Crippen LogP contribution < -0.4 is 9.81 Å². The zero-order valence-electron chi connectivity index (χ0n) is 14.5. The standard InChI is InChI=1S/C16H18O11S/c1-7-4-12(17)25-10-5-8(2-3-9(7)10)27-28(22,23)24-6-11-13(18)14(19)15(20)16(21)26-11/h2-5,11,13-16,18-21H,6H2,1H3/t11-,13+,14+,15-,16-/m1/s1. The second kappa shape index (κ2) is 7.75. The fraction of sp³-hybridized carbons (Fsp3) is 0.438. The predicted molar refractivity (Wildman–Crippen MR) is 91.6 cm³/mol. The van der Waals surface area contributed by atoms with Gasteiger partial charge in [0.25, 0.3) is 0 Å². The molecule has 11 nitrogen and oxygen atoms in total. The Morgan fingerprint density at radius 1 is 1.07 bits per heavy atom. The Kier molecular flexibility index (Phi) is 5.72. The molecule has 2 heterocycles.